The zero-order chi connectivity index (χ0) is 11.3. The Hall–Kier alpha value is -0.170. The third-order valence-corrected chi connectivity index (χ3v) is 3.45. The molecule has 1 aliphatic heterocycles. The summed E-state index contributed by atoms with van der Waals surface area (Å²) in [6.07, 6.45) is 3.51. The molecule has 5 nitrogen and oxygen atoms in total. The van der Waals surface area contributed by atoms with Gasteiger partial charge >= 0.3 is 0 Å². The fourth-order valence-corrected chi connectivity index (χ4v) is 2.32. The van der Waals surface area contributed by atoms with E-state index in [2.05, 4.69) is 17.6 Å². The molecular weight excluding hydrogens is 214 g/mol. The molecule has 0 aliphatic carbocycles. The molecule has 2 unspecified atom stereocenters. The van der Waals surface area contributed by atoms with Gasteiger partial charge in [-0.2, -0.15) is 0 Å². The van der Waals surface area contributed by atoms with E-state index in [9.17, 15) is 8.42 Å². The van der Waals surface area contributed by atoms with E-state index in [0.29, 0.717) is 18.6 Å². The summed E-state index contributed by atoms with van der Waals surface area (Å²) >= 11 is 0. The van der Waals surface area contributed by atoms with Gasteiger partial charge in [0.25, 0.3) is 0 Å². The third-order valence-electron chi connectivity index (χ3n) is 2.68. The molecule has 0 saturated carbocycles. The minimum absolute atomic E-state index is 0.00936. The lowest BCUT2D eigenvalue weighted by atomic mass is 10.1. The zero-order valence-corrected chi connectivity index (χ0v) is 10.0. The summed E-state index contributed by atoms with van der Waals surface area (Å²) < 4.78 is 21.4. The van der Waals surface area contributed by atoms with Crippen LogP contribution < -0.4 is 15.8 Å². The largest absolute Gasteiger partial charge is 0.314 e. The summed E-state index contributed by atoms with van der Waals surface area (Å²) in [5.41, 5.74) is 0. The van der Waals surface area contributed by atoms with E-state index < -0.39 is 10.0 Å². The minimum atomic E-state index is -3.33. The van der Waals surface area contributed by atoms with Gasteiger partial charge in [-0.25, -0.2) is 13.6 Å². The monoisotopic (exact) mass is 235 g/mol. The molecule has 0 radical (unpaired) electrons. The van der Waals surface area contributed by atoms with Crippen LogP contribution in [0.4, 0.5) is 0 Å². The predicted molar refractivity (Wildman–Crippen MR) is 61.1 cm³/mol. The highest BCUT2D eigenvalue weighted by atomic mass is 32.2. The fraction of sp³-hybridized carbons (Fsp3) is 1.00. The first-order valence-corrected chi connectivity index (χ1v) is 7.16. The Kier molecular flexibility index (Phi) is 4.98. The van der Waals surface area contributed by atoms with Crippen LogP contribution in [0.25, 0.3) is 0 Å². The quantitative estimate of drug-likeness (QED) is 0.574. The second-order valence-electron chi connectivity index (χ2n) is 4.25. The van der Waals surface area contributed by atoms with Gasteiger partial charge in [0.05, 0.1) is 5.75 Å². The molecule has 1 fully saturated rings. The molecule has 15 heavy (non-hydrogen) atoms. The van der Waals surface area contributed by atoms with Crippen LogP contribution in [0.5, 0.6) is 0 Å². The molecule has 1 rings (SSSR count). The third kappa shape index (κ3) is 6.09. The van der Waals surface area contributed by atoms with Crippen molar-refractivity contribution in [3.8, 4) is 0 Å². The van der Waals surface area contributed by atoms with Crippen molar-refractivity contribution in [3.05, 3.63) is 0 Å². The van der Waals surface area contributed by atoms with E-state index >= 15 is 0 Å². The van der Waals surface area contributed by atoms with Crippen molar-refractivity contribution in [2.75, 3.05) is 18.8 Å². The maximum Gasteiger partial charge on any atom is 0.210 e. The Labute approximate surface area is 91.9 Å². The molecule has 1 heterocycles. The average Bonchev–Trinajstić information content (AvgIpc) is 2.54. The number of nitrogens with two attached hydrogens (primary N) is 1. The second-order valence-corrected chi connectivity index (χ2v) is 5.99. The van der Waals surface area contributed by atoms with Crippen molar-refractivity contribution in [2.24, 2.45) is 5.14 Å². The first kappa shape index (κ1) is 12.9. The van der Waals surface area contributed by atoms with Crippen molar-refractivity contribution < 1.29 is 8.42 Å². The van der Waals surface area contributed by atoms with Crippen molar-refractivity contribution in [3.63, 3.8) is 0 Å². The summed E-state index contributed by atoms with van der Waals surface area (Å²) in [5, 5.41) is 11.5. The number of hydrogen-bond acceptors (Lipinski definition) is 4. The Balaban J connectivity index is 2.10. The van der Waals surface area contributed by atoms with Gasteiger partial charge in [0, 0.05) is 18.6 Å². The van der Waals surface area contributed by atoms with Crippen LogP contribution in [-0.2, 0) is 10.0 Å². The lowest BCUT2D eigenvalue weighted by molar-refractivity contribution is 0.448. The van der Waals surface area contributed by atoms with Crippen molar-refractivity contribution >= 4 is 10.0 Å². The van der Waals surface area contributed by atoms with Crippen molar-refractivity contribution in [1.29, 1.82) is 0 Å². The average molecular weight is 235 g/mol. The van der Waals surface area contributed by atoms with Gasteiger partial charge in [0.2, 0.25) is 10.0 Å². The molecule has 1 aliphatic rings. The van der Waals surface area contributed by atoms with E-state index in [-0.39, 0.29) is 5.75 Å². The predicted octanol–water partition coefficient (Wildman–Crippen LogP) is -0.605. The summed E-state index contributed by atoms with van der Waals surface area (Å²) in [5.74, 6) is 0.00936. The van der Waals surface area contributed by atoms with Crippen LogP contribution >= 0.6 is 0 Å². The van der Waals surface area contributed by atoms with Gasteiger partial charge in [-0.15, -0.1) is 0 Å². The highest BCUT2D eigenvalue weighted by Gasteiger charge is 2.16. The minimum Gasteiger partial charge on any atom is -0.314 e. The number of hydrogen-bond donors (Lipinski definition) is 3. The van der Waals surface area contributed by atoms with Gasteiger partial charge in [0.15, 0.2) is 0 Å². The summed E-state index contributed by atoms with van der Waals surface area (Å²) in [4.78, 5) is 0. The van der Waals surface area contributed by atoms with Gasteiger partial charge < -0.3 is 10.6 Å². The van der Waals surface area contributed by atoms with Crippen molar-refractivity contribution in [1.82, 2.24) is 10.6 Å². The number of sulfonamides is 1. The van der Waals surface area contributed by atoms with Gasteiger partial charge in [-0.05, 0) is 32.7 Å². The highest BCUT2D eigenvalue weighted by molar-refractivity contribution is 7.89. The summed E-state index contributed by atoms with van der Waals surface area (Å²) in [7, 11) is -3.33. The normalized spacial score (nSPS) is 24.3. The molecule has 0 amide bonds. The smallest absolute Gasteiger partial charge is 0.210 e. The van der Waals surface area contributed by atoms with Gasteiger partial charge in [0.1, 0.15) is 0 Å². The molecule has 0 spiro atoms. The van der Waals surface area contributed by atoms with Crippen LogP contribution in [0, 0.1) is 0 Å². The highest BCUT2D eigenvalue weighted by Crippen LogP contribution is 2.10. The number of nitrogens with one attached hydrogen (secondary N) is 2. The van der Waals surface area contributed by atoms with E-state index in [1.54, 1.807) is 0 Å². The topological polar surface area (TPSA) is 84.2 Å². The molecule has 0 aromatic rings. The Morgan fingerprint density at radius 3 is 2.87 bits per heavy atom. The van der Waals surface area contributed by atoms with Crippen LogP contribution in [0.3, 0.4) is 0 Å². The van der Waals surface area contributed by atoms with Crippen LogP contribution in [-0.4, -0.2) is 39.3 Å². The van der Waals surface area contributed by atoms with E-state index in [4.69, 9.17) is 5.14 Å². The SMILES string of the molecule is CC(CC1CCCN1)NCCS(N)(=O)=O. The number of rotatable bonds is 6. The Bertz CT molecular complexity index is 273. The van der Waals surface area contributed by atoms with Gasteiger partial charge in [-0.3, -0.25) is 0 Å². The molecule has 0 aromatic heterocycles. The molecule has 90 valence electrons. The van der Waals surface area contributed by atoms with Gasteiger partial charge in [-0.1, -0.05) is 0 Å². The lowest BCUT2D eigenvalue weighted by Crippen LogP contribution is -2.37. The van der Waals surface area contributed by atoms with E-state index in [1.165, 1.54) is 12.8 Å². The molecule has 2 atom stereocenters. The second kappa shape index (κ2) is 5.79. The van der Waals surface area contributed by atoms with E-state index in [1.807, 2.05) is 0 Å². The van der Waals surface area contributed by atoms with Crippen LogP contribution in [0.2, 0.25) is 0 Å². The molecule has 0 bridgehead atoms. The molecular formula is C9H21N3O2S. The molecule has 0 aromatic carbocycles. The first-order valence-electron chi connectivity index (χ1n) is 5.44. The molecule has 4 N–H and O–H groups in total. The number of primary sulfonamides is 1. The van der Waals surface area contributed by atoms with E-state index in [0.717, 1.165) is 13.0 Å². The summed E-state index contributed by atoms with van der Waals surface area (Å²) in [6, 6.07) is 0.921. The van der Waals surface area contributed by atoms with Crippen LogP contribution in [0.1, 0.15) is 26.2 Å². The molecule has 1 saturated heterocycles. The standard InChI is InChI=1S/C9H21N3O2S/c1-8(7-9-3-2-4-12-9)11-5-6-15(10,13)14/h8-9,11-12H,2-7H2,1H3,(H2,10,13,14). The van der Waals surface area contributed by atoms with Crippen molar-refractivity contribution in [2.45, 2.75) is 38.3 Å². The lowest BCUT2D eigenvalue weighted by Gasteiger charge is -2.17. The molecule has 6 heteroatoms. The summed E-state index contributed by atoms with van der Waals surface area (Å²) in [6.45, 7) is 3.62. The fourth-order valence-electron chi connectivity index (χ4n) is 1.92. The first-order chi connectivity index (χ1) is 6.97. The Morgan fingerprint density at radius 2 is 2.33 bits per heavy atom. The zero-order valence-electron chi connectivity index (χ0n) is 9.20. The van der Waals surface area contributed by atoms with Crippen LogP contribution in [0.15, 0.2) is 0 Å². The maximum atomic E-state index is 10.7. The maximum absolute atomic E-state index is 10.7. The Morgan fingerprint density at radius 1 is 1.60 bits per heavy atom.